The highest BCUT2D eigenvalue weighted by molar-refractivity contribution is 5.25. The Hall–Kier alpha value is -0.970. The van der Waals surface area contributed by atoms with Crippen LogP contribution in [-0.2, 0) is 4.74 Å². The highest BCUT2D eigenvalue weighted by Gasteiger charge is 2.17. The van der Waals surface area contributed by atoms with Crippen LogP contribution in [0.15, 0.2) is 18.2 Å². The van der Waals surface area contributed by atoms with Gasteiger partial charge in [-0.3, -0.25) is 11.3 Å². The van der Waals surface area contributed by atoms with E-state index in [9.17, 15) is 4.39 Å². The fourth-order valence-electron chi connectivity index (χ4n) is 2.59. The molecule has 106 valence electrons. The van der Waals surface area contributed by atoms with Crippen LogP contribution in [0.3, 0.4) is 0 Å². The molecule has 1 saturated heterocycles. The maximum atomic E-state index is 13.6. The van der Waals surface area contributed by atoms with Crippen LogP contribution in [-0.4, -0.2) is 12.7 Å². The van der Waals surface area contributed by atoms with Crippen molar-refractivity contribution in [1.82, 2.24) is 5.43 Å². The molecule has 19 heavy (non-hydrogen) atoms. The fraction of sp³-hybridized carbons (Fsp3) is 0.600. The van der Waals surface area contributed by atoms with Crippen molar-refractivity contribution >= 4 is 0 Å². The quantitative estimate of drug-likeness (QED) is 0.614. The lowest BCUT2D eigenvalue weighted by atomic mass is 9.98. The molecule has 1 heterocycles. The summed E-state index contributed by atoms with van der Waals surface area (Å²) in [6.07, 6.45) is 5.75. The number of ether oxygens (including phenoxy) is 1. The normalized spacial score (nSPS) is 20.7. The van der Waals surface area contributed by atoms with E-state index in [1.165, 1.54) is 12.8 Å². The highest BCUT2D eigenvalue weighted by atomic mass is 19.1. The minimum absolute atomic E-state index is 0.0107. The first-order valence-corrected chi connectivity index (χ1v) is 7.04. The van der Waals surface area contributed by atoms with E-state index < -0.39 is 0 Å². The number of benzene rings is 1. The molecule has 2 atom stereocenters. The van der Waals surface area contributed by atoms with Crippen LogP contribution in [0.4, 0.5) is 4.39 Å². The Kier molecular flexibility index (Phi) is 5.31. The van der Waals surface area contributed by atoms with E-state index in [-0.39, 0.29) is 11.9 Å². The molecule has 0 aliphatic carbocycles. The van der Waals surface area contributed by atoms with Crippen molar-refractivity contribution in [3.8, 4) is 0 Å². The van der Waals surface area contributed by atoms with Crippen LogP contribution < -0.4 is 11.3 Å². The molecule has 1 fully saturated rings. The zero-order valence-electron chi connectivity index (χ0n) is 11.5. The number of aryl methyl sites for hydroxylation is 1. The smallest absolute Gasteiger partial charge is 0.126 e. The van der Waals surface area contributed by atoms with Crippen molar-refractivity contribution in [2.45, 2.75) is 51.2 Å². The van der Waals surface area contributed by atoms with Gasteiger partial charge in [0.1, 0.15) is 5.82 Å². The van der Waals surface area contributed by atoms with Gasteiger partial charge in [0.15, 0.2) is 0 Å². The second-order valence-electron chi connectivity index (χ2n) is 5.29. The number of nitrogens with two attached hydrogens (primary N) is 1. The first-order chi connectivity index (χ1) is 9.20. The van der Waals surface area contributed by atoms with E-state index in [4.69, 9.17) is 10.6 Å². The molecule has 4 heteroatoms. The SMILES string of the molecule is Cc1ccc(C(CCCC2CCCO2)NN)cc1F. The summed E-state index contributed by atoms with van der Waals surface area (Å²) in [6, 6.07) is 5.33. The van der Waals surface area contributed by atoms with E-state index in [2.05, 4.69) is 5.43 Å². The summed E-state index contributed by atoms with van der Waals surface area (Å²) in [5.74, 6) is 5.41. The molecule has 1 aromatic rings. The minimum Gasteiger partial charge on any atom is -0.378 e. The Morgan fingerprint density at radius 3 is 3.00 bits per heavy atom. The van der Waals surface area contributed by atoms with Crippen molar-refractivity contribution in [1.29, 1.82) is 0 Å². The van der Waals surface area contributed by atoms with Gasteiger partial charge in [0, 0.05) is 12.6 Å². The predicted molar refractivity (Wildman–Crippen MR) is 74.0 cm³/mol. The number of hydrogen-bond donors (Lipinski definition) is 2. The first kappa shape index (κ1) is 14.4. The average molecular weight is 266 g/mol. The number of rotatable bonds is 6. The third-order valence-electron chi connectivity index (χ3n) is 3.84. The number of hydrazine groups is 1. The van der Waals surface area contributed by atoms with Gasteiger partial charge in [0.2, 0.25) is 0 Å². The second-order valence-corrected chi connectivity index (χ2v) is 5.29. The van der Waals surface area contributed by atoms with E-state index >= 15 is 0 Å². The maximum absolute atomic E-state index is 13.6. The fourth-order valence-corrected chi connectivity index (χ4v) is 2.59. The number of nitrogens with one attached hydrogen (secondary N) is 1. The topological polar surface area (TPSA) is 47.3 Å². The summed E-state index contributed by atoms with van der Waals surface area (Å²) in [5, 5.41) is 0. The van der Waals surface area contributed by atoms with Gasteiger partial charge >= 0.3 is 0 Å². The third kappa shape index (κ3) is 4.00. The molecule has 1 aliphatic heterocycles. The van der Waals surface area contributed by atoms with Gasteiger partial charge in [0.05, 0.1) is 6.10 Å². The summed E-state index contributed by atoms with van der Waals surface area (Å²) >= 11 is 0. The van der Waals surface area contributed by atoms with Crippen LogP contribution in [0.1, 0.15) is 49.3 Å². The molecule has 3 nitrogen and oxygen atoms in total. The average Bonchev–Trinajstić information content (AvgIpc) is 2.91. The second kappa shape index (κ2) is 6.98. The van der Waals surface area contributed by atoms with Crippen molar-refractivity contribution in [2.75, 3.05) is 6.61 Å². The van der Waals surface area contributed by atoms with Gasteiger partial charge in [-0.25, -0.2) is 4.39 Å². The minimum atomic E-state index is -0.170. The number of hydrogen-bond acceptors (Lipinski definition) is 3. The Labute approximate surface area is 114 Å². The zero-order valence-corrected chi connectivity index (χ0v) is 11.5. The summed E-state index contributed by atoms with van der Waals surface area (Å²) in [7, 11) is 0. The third-order valence-corrected chi connectivity index (χ3v) is 3.84. The predicted octanol–water partition coefficient (Wildman–Crippen LogP) is 2.99. The van der Waals surface area contributed by atoms with Crippen LogP contribution in [0.5, 0.6) is 0 Å². The van der Waals surface area contributed by atoms with Gasteiger partial charge in [0.25, 0.3) is 0 Å². The largest absolute Gasteiger partial charge is 0.378 e. The molecule has 2 rings (SSSR count). The Bertz CT molecular complexity index is 405. The van der Waals surface area contributed by atoms with E-state index in [1.54, 1.807) is 19.1 Å². The van der Waals surface area contributed by atoms with Gasteiger partial charge in [-0.1, -0.05) is 12.1 Å². The van der Waals surface area contributed by atoms with Gasteiger partial charge < -0.3 is 4.74 Å². The molecule has 0 aromatic heterocycles. The van der Waals surface area contributed by atoms with Crippen LogP contribution in [0.2, 0.25) is 0 Å². The van der Waals surface area contributed by atoms with Crippen LogP contribution in [0, 0.1) is 12.7 Å². The summed E-state index contributed by atoms with van der Waals surface area (Å²) in [4.78, 5) is 0. The first-order valence-electron chi connectivity index (χ1n) is 7.04. The van der Waals surface area contributed by atoms with Crippen molar-refractivity contribution in [3.05, 3.63) is 35.1 Å². The molecular formula is C15H23FN2O. The summed E-state index contributed by atoms with van der Waals surface area (Å²) in [6.45, 7) is 2.66. The Morgan fingerprint density at radius 2 is 2.37 bits per heavy atom. The molecule has 1 aliphatic rings. The molecule has 2 unspecified atom stereocenters. The standard InChI is InChI=1S/C15H23FN2O/c1-11-7-8-12(10-14(11)16)15(18-17)6-2-4-13-5-3-9-19-13/h7-8,10,13,15,18H,2-6,9,17H2,1H3. The van der Waals surface area contributed by atoms with Crippen molar-refractivity contribution in [2.24, 2.45) is 5.84 Å². The van der Waals surface area contributed by atoms with Gasteiger partial charge in [-0.2, -0.15) is 0 Å². The van der Waals surface area contributed by atoms with E-state index in [0.29, 0.717) is 11.7 Å². The lowest BCUT2D eigenvalue weighted by Crippen LogP contribution is -2.28. The summed E-state index contributed by atoms with van der Waals surface area (Å²) < 4.78 is 19.2. The lowest BCUT2D eigenvalue weighted by Gasteiger charge is -2.18. The van der Waals surface area contributed by atoms with Crippen LogP contribution in [0.25, 0.3) is 0 Å². The summed E-state index contributed by atoms with van der Waals surface area (Å²) in [5.41, 5.74) is 4.36. The van der Waals surface area contributed by atoms with Gasteiger partial charge in [-0.05, 0) is 56.2 Å². The molecule has 0 radical (unpaired) electrons. The Balaban J connectivity index is 1.86. The van der Waals surface area contributed by atoms with E-state index in [0.717, 1.165) is 31.4 Å². The molecular weight excluding hydrogens is 243 g/mol. The van der Waals surface area contributed by atoms with Crippen LogP contribution >= 0.6 is 0 Å². The molecule has 0 saturated carbocycles. The monoisotopic (exact) mass is 266 g/mol. The molecule has 0 amide bonds. The molecule has 1 aromatic carbocycles. The molecule has 3 N–H and O–H groups in total. The van der Waals surface area contributed by atoms with Gasteiger partial charge in [-0.15, -0.1) is 0 Å². The maximum Gasteiger partial charge on any atom is 0.126 e. The molecule has 0 spiro atoms. The zero-order chi connectivity index (χ0) is 13.7. The van der Waals surface area contributed by atoms with E-state index in [1.807, 2.05) is 6.07 Å². The lowest BCUT2D eigenvalue weighted by molar-refractivity contribution is 0.101. The Morgan fingerprint density at radius 1 is 1.53 bits per heavy atom. The van der Waals surface area contributed by atoms with Crippen molar-refractivity contribution in [3.63, 3.8) is 0 Å². The number of halogens is 1. The molecule has 0 bridgehead atoms. The highest BCUT2D eigenvalue weighted by Crippen LogP contribution is 2.24. The van der Waals surface area contributed by atoms with Crippen molar-refractivity contribution < 1.29 is 9.13 Å².